The van der Waals surface area contributed by atoms with Crippen LogP contribution in [0.3, 0.4) is 0 Å². The standard InChI is InChI=1S/C23H22N2O4/c1-28-15-16-6-5-7-18(14-16)24-23(27)20-8-3-4-9-21(20)25-22(26)17-10-12-19(29-2)13-11-17/h3-14H,15H2,1-2H3,(H,24,27)(H,25,26). The van der Waals surface area contributed by atoms with Crippen LogP contribution in [0, 0.1) is 0 Å². The molecule has 148 valence electrons. The molecule has 0 radical (unpaired) electrons. The van der Waals surface area contributed by atoms with Crippen LogP contribution >= 0.6 is 0 Å². The molecular formula is C23H22N2O4. The molecule has 0 spiro atoms. The maximum Gasteiger partial charge on any atom is 0.257 e. The summed E-state index contributed by atoms with van der Waals surface area (Å²) in [6.07, 6.45) is 0. The van der Waals surface area contributed by atoms with E-state index in [-0.39, 0.29) is 11.8 Å². The third-order valence-corrected chi connectivity index (χ3v) is 4.27. The molecule has 0 saturated carbocycles. The first-order valence-electron chi connectivity index (χ1n) is 9.04. The number of carbonyl (C=O) groups is 2. The second-order valence-corrected chi connectivity index (χ2v) is 6.32. The topological polar surface area (TPSA) is 76.7 Å². The van der Waals surface area contributed by atoms with Gasteiger partial charge in [-0.15, -0.1) is 0 Å². The fourth-order valence-electron chi connectivity index (χ4n) is 2.83. The third-order valence-electron chi connectivity index (χ3n) is 4.27. The van der Waals surface area contributed by atoms with Crippen molar-refractivity contribution in [3.05, 3.63) is 89.5 Å². The van der Waals surface area contributed by atoms with E-state index in [0.29, 0.717) is 34.9 Å². The Kier molecular flexibility index (Phi) is 6.60. The molecule has 0 unspecified atom stereocenters. The Balaban J connectivity index is 1.76. The lowest BCUT2D eigenvalue weighted by atomic mass is 10.1. The van der Waals surface area contributed by atoms with Crippen LogP contribution in [0.4, 0.5) is 11.4 Å². The first-order chi connectivity index (χ1) is 14.1. The number of hydrogen-bond acceptors (Lipinski definition) is 4. The smallest absolute Gasteiger partial charge is 0.257 e. The number of benzene rings is 3. The van der Waals surface area contributed by atoms with Gasteiger partial charge in [0.05, 0.1) is 25.0 Å². The maximum atomic E-state index is 12.8. The van der Waals surface area contributed by atoms with E-state index in [1.54, 1.807) is 68.8 Å². The van der Waals surface area contributed by atoms with Gasteiger partial charge in [-0.25, -0.2) is 0 Å². The summed E-state index contributed by atoms with van der Waals surface area (Å²) in [5, 5.41) is 5.67. The maximum absolute atomic E-state index is 12.8. The van der Waals surface area contributed by atoms with E-state index in [9.17, 15) is 9.59 Å². The molecule has 0 aliphatic carbocycles. The van der Waals surface area contributed by atoms with E-state index in [1.165, 1.54) is 0 Å². The van der Waals surface area contributed by atoms with Gasteiger partial charge in [-0.3, -0.25) is 9.59 Å². The molecule has 3 aromatic rings. The molecule has 0 aromatic heterocycles. The lowest BCUT2D eigenvalue weighted by Crippen LogP contribution is -2.18. The Morgan fingerprint density at radius 1 is 0.828 bits per heavy atom. The zero-order valence-electron chi connectivity index (χ0n) is 16.3. The molecule has 3 aromatic carbocycles. The number of amides is 2. The number of nitrogens with one attached hydrogen (secondary N) is 2. The van der Waals surface area contributed by atoms with Crippen LogP contribution in [0.2, 0.25) is 0 Å². The molecule has 0 aliphatic rings. The SMILES string of the molecule is COCc1cccc(NC(=O)c2ccccc2NC(=O)c2ccc(OC)cc2)c1. The van der Waals surface area contributed by atoms with Crippen molar-refractivity contribution < 1.29 is 19.1 Å². The van der Waals surface area contributed by atoms with Crippen LogP contribution < -0.4 is 15.4 Å². The van der Waals surface area contributed by atoms with Crippen molar-refractivity contribution >= 4 is 23.2 Å². The first kappa shape index (κ1) is 20.1. The molecule has 3 rings (SSSR count). The highest BCUT2D eigenvalue weighted by molar-refractivity contribution is 6.12. The van der Waals surface area contributed by atoms with Gasteiger partial charge in [-0.1, -0.05) is 24.3 Å². The molecule has 6 heteroatoms. The van der Waals surface area contributed by atoms with Crippen molar-refractivity contribution in [2.45, 2.75) is 6.61 Å². The van der Waals surface area contributed by atoms with E-state index in [4.69, 9.17) is 9.47 Å². The quantitative estimate of drug-likeness (QED) is 0.629. The van der Waals surface area contributed by atoms with Crippen LogP contribution in [-0.2, 0) is 11.3 Å². The molecule has 0 bridgehead atoms. The molecule has 0 aliphatic heterocycles. The van der Waals surface area contributed by atoms with E-state index in [0.717, 1.165) is 5.56 Å². The van der Waals surface area contributed by atoms with Gasteiger partial charge in [0.15, 0.2) is 0 Å². The summed E-state index contributed by atoms with van der Waals surface area (Å²) in [6, 6.07) is 21.0. The Morgan fingerprint density at radius 3 is 2.31 bits per heavy atom. The summed E-state index contributed by atoms with van der Waals surface area (Å²) < 4.78 is 10.2. The average molecular weight is 390 g/mol. The van der Waals surface area contributed by atoms with Crippen molar-refractivity contribution in [3.8, 4) is 5.75 Å². The zero-order chi connectivity index (χ0) is 20.6. The van der Waals surface area contributed by atoms with Crippen molar-refractivity contribution in [2.24, 2.45) is 0 Å². The Labute approximate surface area is 169 Å². The Morgan fingerprint density at radius 2 is 1.59 bits per heavy atom. The fraction of sp³-hybridized carbons (Fsp3) is 0.130. The molecule has 29 heavy (non-hydrogen) atoms. The van der Waals surface area contributed by atoms with Gasteiger partial charge < -0.3 is 20.1 Å². The van der Waals surface area contributed by atoms with Crippen LogP contribution in [0.15, 0.2) is 72.8 Å². The minimum atomic E-state index is -0.315. The lowest BCUT2D eigenvalue weighted by Gasteiger charge is -2.12. The summed E-state index contributed by atoms with van der Waals surface area (Å²) >= 11 is 0. The summed E-state index contributed by atoms with van der Waals surface area (Å²) in [5.74, 6) is 0.0391. The number of ether oxygens (including phenoxy) is 2. The van der Waals surface area contributed by atoms with Gasteiger partial charge in [-0.2, -0.15) is 0 Å². The van der Waals surface area contributed by atoms with Crippen molar-refractivity contribution in [3.63, 3.8) is 0 Å². The number of carbonyl (C=O) groups excluding carboxylic acids is 2. The van der Waals surface area contributed by atoms with Crippen LogP contribution in [0.25, 0.3) is 0 Å². The molecule has 0 heterocycles. The van der Waals surface area contributed by atoms with Crippen molar-refractivity contribution in [1.29, 1.82) is 0 Å². The predicted molar refractivity (Wildman–Crippen MR) is 112 cm³/mol. The monoisotopic (exact) mass is 390 g/mol. The molecule has 2 N–H and O–H groups in total. The average Bonchev–Trinajstić information content (AvgIpc) is 2.74. The summed E-state index contributed by atoms with van der Waals surface area (Å²) in [7, 11) is 3.18. The summed E-state index contributed by atoms with van der Waals surface area (Å²) in [4.78, 5) is 25.4. The molecule has 2 amide bonds. The van der Waals surface area contributed by atoms with Gasteiger partial charge in [0, 0.05) is 18.4 Å². The lowest BCUT2D eigenvalue weighted by molar-refractivity contribution is 0.102. The van der Waals surface area contributed by atoms with Crippen LogP contribution in [0.1, 0.15) is 26.3 Å². The summed E-state index contributed by atoms with van der Waals surface area (Å²) in [6.45, 7) is 0.457. The molecule has 0 fully saturated rings. The normalized spacial score (nSPS) is 10.3. The largest absolute Gasteiger partial charge is 0.497 e. The molecule has 6 nitrogen and oxygen atoms in total. The molecule has 0 saturated heterocycles. The van der Waals surface area contributed by atoms with Gasteiger partial charge in [0.2, 0.25) is 0 Å². The highest BCUT2D eigenvalue weighted by atomic mass is 16.5. The third kappa shape index (κ3) is 5.21. The number of rotatable bonds is 7. The predicted octanol–water partition coefficient (Wildman–Crippen LogP) is 4.35. The van der Waals surface area contributed by atoms with Crippen molar-refractivity contribution in [2.75, 3.05) is 24.9 Å². The van der Waals surface area contributed by atoms with Gasteiger partial charge in [0.1, 0.15) is 5.75 Å². The summed E-state index contributed by atoms with van der Waals surface area (Å²) in [5.41, 5.74) is 2.87. The van der Waals surface area contributed by atoms with Crippen LogP contribution in [0.5, 0.6) is 5.75 Å². The minimum Gasteiger partial charge on any atom is -0.497 e. The number of methoxy groups -OCH3 is 2. The zero-order valence-corrected chi connectivity index (χ0v) is 16.3. The van der Waals surface area contributed by atoms with E-state index < -0.39 is 0 Å². The second-order valence-electron chi connectivity index (χ2n) is 6.32. The van der Waals surface area contributed by atoms with Gasteiger partial charge >= 0.3 is 0 Å². The number of para-hydroxylation sites is 1. The van der Waals surface area contributed by atoms with Gasteiger partial charge in [-0.05, 0) is 54.1 Å². The fourth-order valence-corrected chi connectivity index (χ4v) is 2.83. The van der Waals surface area contributed by atoms with Gasteiger partial charge in [0.25, 0.3) is 11.8 Å². The molecular weight excluding hydrogens is 368 g/mol. The number of anilines is 2. The molecule has 0 atom stereocenters. The Hall–Kier alpha value is -3.64. The van der Waals surface area contributed by atoms with E-state index >= 15 is 0 Å². The van der Waals surface area contributed by atoms with Crippen molar-refractivity contribution in [1.82, 2.24) is 0 Å². The first-order valence-corrected chi connectivity index (χ1v) is 9.04. The van der Waals surface area contributed by atoms with E-state index in [2.05, 4.69) is 10.6 Å². The highest BCUT2D eigenvalue weighted by Gasteiger charge is 2.14. The highest BCUT2D eigenvalue weighted by Crippen LogP contribution is 2.20. The Bertz CT molecular complexity index is 1000. The van der Waals surface area contributed by atoms with Crippen LogP contribution in [-0.4, -0.2) is 26.0 Å². The van der Waals surface area contributed by atoms with E-state index in [1.807, 2.05) is 18.2 Å². The minimum absolute atomic E-state index is 0.310. The number of hydrogen-bond donors (Lipinski definition) is 2. The second kappa shape index (κ2) is 9.52.